The molecule has 1 aliphatic rings. The third kappa shape index (κ3) is 6.97. The van der Waals surface area contributed by atoms with Crippen LogP contribution in [0.4, 0.5) is 4.39 Å². The summed E-state index contributed by atoms with van der Waals surface area (Å²) in [7, 11) is -2.90. The van der Waals surface area contributed by atoms with E-state index in [1.165, 1.54) is 24.1 Å². The number of rotatable bonds is 9. The number of nitrogens with zero attached hydrogens (tertiary/aromatic N) is 2. The number of carbonyl (C=O) groups excluding carboxylic acids is 3. The van der Waals surface area contributed by atoms with E-state index in [4.69, 9.17) is 4.74 Å². The second-order valence-corrected chi connectivity index (χ2v) is 10.1. The van der Waals surface area contributed by atoms with Gasteiger partial charge in [-0.15, -0.1) is 0 Å². The third-order valence-corrected chi connectivity index (χ3v) is 6.96. The summed E-state index contributed by atoms with van der Waals surface area (Å²) >= 11 is 0. The van der Waals surface area contributed by atoms with Gasteiger partial charge in [0.05, 0.1) is 19.1 Å². The van der Waals surface area contributed by atoms with E-state index in [1.54, 1.807) is 20.8 Å². The maximum atomic E-state index is 14.0. The summed E-state index contributed by atoms with van der Waals surface area (Å²) in [6.07, 6.45) is 1.27. The minimum atomic E-state index is -4.30. The van der Waals surface area contributed by atoms with Crippen molar-refractivity contribution in [3.8, 4) is 0 Å². The van der Waals surface area contributed by atoms with Crippen molar-refractivity contribution in [3.63, 3.8) is 0 Å². The first-order chi connectivity index (χ1) is 15.5. The van der Waals surface area contributed by atoms with Crippen LogP contribution in [0.15, 0.2) is 29.2 Å². The van der Waals surface area contributed by atoms with Crippen LogP contribution in [0.25, 0.3) is 0 Å². The van der Waals surface area contributed by atoms with Crippen LogP contribution in [-0.4, -0.2) is 75.3 Å². The van der Waals surface area contributed by atoms with Crippen LogP contribution >= 0.6 is 0 Å². The number of amides is 2. The first-order valence-corrected chi connectivity index (χ1v) is 12.4. The van der Waals surface area contributed by atoms with Gasteiger partial charge in [-0.2, -0.15) is 4.72 Å². The zero-order valence-corrected chi connectivity index (χ0v) is 20.2. The highest BCUT2D eigenvalue weighted by atomic mass is 32.2. The molecule has 2 amide bonds. The van der Waals surface area contributed by atoms with Crippen molar-refractivity contribution in [2.75, 3.05) is 33.3 Å². The molecule has 0 aromatic heterocycles. The maximum absolute atomic E-state index is 14.0. The summed E-state index contributed by atoms with van der Waals surface area (Å²) in [6, 6.07) is 3.69. The molecule has 1 fully saturated rings. The van der Waals surface area contributed by atoms with Crippen LogP contribution < -0.4 is 4.72 Å². The van der Waals surface area contributed by atoms with E-state index in [-0.39, 0.29) is 31.6 Å². The summed E-state index contributed by atoms with van der Waals surface area (Å²) in [5.41, 5.74) is 0. The number of sulfonamides is 1. The van der Waals surface area contributed by atoms with Gasteiger partial charge in [0.15, 0.2) is 0 Å². The average Bonchev–Trinajstić information content (AvgIpc) is 2.77. The Hall–Kier alpha value is -2.53. The molecule has 1 saturated heterocycles. The van der Waals surface area contributed by atoms with Crippen LogP contribution in [-0.2, 0) is 29.1 Å². The molecule has 1 aromatic carbocycles. The summed E-state index contributed by atoms with van der Waals surface area (Å²) in [6.45, 7) is 5.68. The molecule has 2 atom stereocenters. The number of ether oxygens (including phenoxy) is 1. The number of piperidine rings is 1. The van der Waals surface area contributed by atoms with E-state index in [1.807, 2.05) is 0 Å². The molecule has 1 aromatic rings. The smallest absolute Gasteiger partial charge is 0.310 e. The van der Waals surface area contributed by atoms with Crippen LogP contribution in [0.2, 0.25) is 0 Å². The summed E-state index contributed by atoms with van der Waals surface area (Å²) in [4.78, 5) is 39.9. The largest absolute Gasteiger partial charge is 0.466 e. The topological polar surface area (TPSA) is 113 Å². The molecule has 2 rings (SSSR count). The Morgan fingerprint density at radius 1 is 1.27 bits per heavy atom. The standard InChI is InChI=1S/C22H32FN3O6S/c1-5-32-22(29)16-9-8-12-26(13-16)19(27)14-25(4)21(28)20(15(2)3)24-33(30,31)18-11-7-6-10-17(18)23/h6-7,10-11,15-16,20,24H,5,8-9,12-14H2,1-4H3/t16?,20-/m0/s1. The number of likely N-dealkylation sites (tertiary alicyclic amines) is 1. The molecule has 0 aliphatic carbocycles. The second kappa shape index (κ2) is 11.6. The lowest BCUT2D eigenvalue weighted by atomic mass is 9.98. The van der Waals surface area contributed by atoms with Crippen molar-refractivity contribution in [2.45, 2.75) is 44.6 Å². The van der Waals surface area contributed by atoms with E-state index < -0.39 is 44.5 Å². The highest BCUT2D eigenvalue weighted by Gasteiger charge is 2.34. The molecule has 9 nitrogen and oxygen atoms in total. The number of benzene rings is 1. The molecule has 11 heteroatoms. The fourth-order valence-electron chi connectivity index (χ4n) is 3.64. The number of hydrogen-bond donors (Lipinski definition) is 1. The fourth-order valence-corrected chi connectivity index (χ4v) is 5.06. The average molecular weight is 486 g/mol. The molecular weight excluding hydrogens is 453 g/mol. The first-order valence-electron chi connectivity index (χ1n) is 10.9. The summed E-state index contributed by atoms with van der Waals surface area (Å²) in [5.74, 6) is -3.09. The van der Waals surface area contributed by atoms with Gasteiger partial charge in [-0.25, -0.2) is 12.8 Å². The minimum Gasteiger partial charge on any atom is -0.466 e. The Labute approximate surface area is 194 Å². The van der Waals surface area contributed by atoms with E-state index in [0.717, 1.165) is 17.0 Å². The van der Waals surface area contributed by atoms with E-state index in [0.29, 0.717) is 19.4 Å². The van der Waals surface area contributed by atoms with Gasteiger partial charge >= 0.3 is 5.97 Å². The van der Waals surface area contributed by atoms with Crippen molar-refractivity contribution in [3.05, 3.63) is 30.1 Å². The van der Waals surface area contributed by atoms with E-state index in [2.05, 4.69) is 4.72 Å². The van der Waals surface area contributed by atoms with Crippen LogP contribution in [0.3, 0.4) is 0 Å². The lowest BCUT2D eigenvalue weighted by Gasteiger charge is -2.33. The number of esters is 1. The highest BCUT2D eigenvalue weighted by Crippen LogP contribution is 2.19. The van der Waals surface area contributed by atoms with E-state index in [9.17, 15) is 27.2 Å². The predicted octanol–water partition coefficient (Wildman–Crippen LogP) is 1.39. The second-order valence-electron chi connectivity index (χ2n) is 8.40. The Morgan fingerprint density at radius 2 is 1.94 bits per heavy atom. The molecular formula is C22H32FN3O6S. The maximum Gasteiger partial charge on any atom is 0.310 e. The Balaban J connectivity index is 2.07. The predicted molar refractivity (Wildman–Crippen MR) is 119 cm³/mol. The zero-order valence-electron chi connectivity index (χ0n) is 19.4. The monoisotopic (exact) mass is 485 g/mol. The Kier molecular flexibility index (Phi) is 9.35. The minimum absolute atomic E-state index is 0.215. The molecule has 184 valence electrons. The van der Waals surface area contributed by atoms with E-state index >= 15 is 0 Å². The van der Waals surface area contributed by atoms with Crippen LogP contribution in [0.5, 0.6) is 0 Å². The molecule has 1 heterocycles. The molecule has 0 bridgehead atoms. The number of likely N-dealkylation sites (N-methyl/N-ethyl adjacent to an activating group) is 1. The quantitative estimate of drug-likeness (QED) is 0.529. The number of halogens is 1. The number of hydrogen-bond acceptors (Lipinski definition) is 6. The summed E-state index contributed by atoms with van der Waals surface area (Å²) in [5, 5.41) is 0. The van der Waals surface area contributed by atoms with Gasteiger partial charge in [-0.1, -0.05) is 26.0 Å². The molecule has 1 aliphatic heterocycles. The molecule has 1 N–H and O–H groups in total. The molecule has 0 radical (unpaired) electrons. The molecule has 33 heavy (non-hydrogen) atoms. The zero-order chi connectivity index (χ0) is 24.8. The molecule has 0 spiro atoms. The third-order valence-electron chi connectivity index (χ3n) is 5.48. The first kappa shape index (κ1) is 26.7. The van der Waals surface area contributed by atoms with Gasteiger partial charge in [0.25, 0.3) is 0 Å². The van der Waals surface area contributed by atoms with Crippen molar-refractivity contribution in [1.82, 2.24) is 14.5 Å². The number of carbonyl (C=O) groups is 3. The van der Waals surface area contributed by atoms with Crippen molar-refractivity contribution >= 4 is 27.8 Å². The van der Waals surface area contributed by atoms with Crippen molar-refractivity contribution in [2.24, 2.45) is 11.8 Å². The van der Waals surface area contributed by atoms with Gasteiger partial charge in [0.2, 0.25) is 21.8 Å². The van der Waals surface area contributed by atoms with Crippen molar-refractivity contribution in [1.29, 1.82) is 0 Å². The fraction of sp³-hybridized carbons (Fsp3) is 0.591. The van der Waals surface area contributed by atoms with Gasteiger partial charge in [-0.3, -0.25) is 14.4 Å². The van der Waals surface area contributed by atoms with Crippen molar-refractivity contribution < 1.29 is 31.9 Å². The van der Waals surface area contributed by atoms with Gasteiger partial charge in [0, 0.05) is 20.1 Å². The van der Waals surface area contributed by atoms with Gasteiger partial charge < -0.3 is 14.5 Å². The summed E-state index contributed by atoms with van der Waals surface area (Å²) < 4.78 is 46.7. The van der Waals surface area contributed by atoms with Gasteiger partial charge in [-0.05, 0) is 37.8 Å². The molecule has 1 unspecified atom stereocenters. The van der Waals surface area contributed by atoms with Crippen LogP contribution in [0.1, 0.15) is 33.6 Å². The highest BCUT2D eigenvalue weighted by molar-refractivity contribution is 7.89. The lowest BCUT2D eigenvalue weighted by molar-refractivity contribution is -0.152. The Bertz CT molecular complexity index is 969. The van der Waals surface area contributed by atoms with Crippen LogP contribution in [0, 0.1) is 17.7 Å². The lowest BCUT2D eigenvalue weighted by Crippen LogP contribution is -2.53. The number of nitrogens with one attached hydrogen (secondary N) is 1. The Morgan fingerprint density at radius 3 is 2.55 bits per heavy atom. The normalized spacial score (nSPS) is 17.5. The van der Waals surface area contributed by atoms with Gasteiger partial charge in [0.1, 0.15) is 16.8 Å². The SMILES string of the molecule is CCOC(=O)C1CCCN(C(=O)CN(C)C(=O)[C@@H](NS(=O)(=O)c2ccccc2F)C(C)C)C1. The molecule has 0 saturated carbocycles.